The van der Waals surface area contributed by atoms with Gasteiger partial charge in [-0.05, 0) is 35.6 Å². The summed E-state index contributed by atoms with van der Waals surface area (Å²) in [6.07, 6.45) is 10.0. The van der Waals surface area contributed by atoms with Gasteiger partial charge < -0.3 is 5.11 Å². The predicted octanol–water partition coefficient (Wildman–Crippen LogP) is 7.95. The molecule has 0 unspecified atom stereocenters. The molecule has 173 valence electrons. The van der Waals surface area contributed by atoms with Gasteiger partial charge >= 0.3 is 95.6 Å². The maximum atomic E-state index is 9.36. The molecule has 0 heterocycles. The summed E-state index contributed by atoms with van der Waals surface area (Å²) in [5, 5.41) is 9.36. The van der Waals surface area contributed by atoms with Crippen LogP contribution in [0.2, 0.25) is 0 Å². The summed E-state index contributed by atoms with van der Waals surface area (Å²) in [6, 6.07) is 26.6. The average molecular weight is 516 g/mol. The summed E-state index contributed by atoms with van der Waals surface area (Å²) < 4.78 is 1.33. The molecular formula is C29H33Cl2OTi. The van der Waals surface area contributed by atoms with Crippen LogP contribution < -0.4 is 0 Å². The van der Waals surface area contributed by atoms with Crippen molar-refractivity contribution < 1.29 is 25.1 Å². The van der Waals surface area contributed by atoms with Crippen LogP contribution in [0.15, 0.2) is 97.1 Å². The van der Waals surface area contributed by atoms with Crippen LogP contribution in [0.1, 0.15) is 49.4 Å². The fourth-order valence-electron chi connectivity index (χ4n) is 2.91. The number of phenols is 1. The Labute approximate surface area is 223 Å². The molecule has 0 atom stereocenters. The van der Waals surface area contributed by atoms with E-state index in [1.54, 1.807) is 6.07 Å². The molecule has 0 saturated heterocycles. The normalized spacial score (nSPS) is 11.1. The van der Waals surface area contributed by atoms with Crippen LogP contribution in [0.3, 0.4) is 0 Å². The third-order valence-corrected chi connectivity index (χ3v) is 5.54. The minimum atomic E-state index is 0. The first-order valence-corrected chi connectivity index (χ1v) is 11.3. The van der Waals surface area contributed by atoms with E-state index in [0.717, 1.165) is 12.0 Å². The van der Waals surface area contributed by atoms with E-state index in [2.05, 4.69) is 107 Å². The number of rotatable bonds is 2. The molecule has 0 bridgehead atoms. The molecule has 33 heavy (non-hydrogen) atoms. The summed E-state index contributed by atoms with van der Waals surface area (Å²) in [4.78, 5) is 0. The molecule has 0 amide bonds. The Balaban J connectivity index is 0.000000493. The van der Waals surface area contributed by atoms with Crippen molar-refractivity contribution in [3.05, 3.63) is 125 Å². The molecule has 0 aliphatic heterocycles. The Bertz CT molecular complexity index is 949. The molecule has 1 N–H and O–H groups in total. The zero-order valence-corrected chi connectivity index (χ0v) is 22.9. The Kier molecular flexibility index (Phi) is 14.9. The van der Waals surface area contributed by atoms with Gasteiger partial charge in [-0.25, -0.2) is 12.2 Å². The number of benzene rings is 3. The van der Waals surface area contributed by atoms with Gasteiger partial charge in [-0.15, -0.1) is 31.2 Å². The van der Waals surface area contributed by atoms with Crippen molar-refractivity contribution >= 4 is 28.6 Å². The summed E-state index contributed by atoms with van der Waals surface area (Å²) >= 11 is 2.16. The molecule has 1 nitrogen and oxygen atoms in total. The van der Waals surface area contributed by atoms with Crippen LogP contribution in [-0.2, 0) is 25.4 Å². The van der Waals surface area contributed by atoms with Gasteiger partial charge in [-0.1, -0.05) is 26.8 Å². The molecule has 0 saturated carbocycles. The molecule has 0 spiro atoms. The zero-order valence-electron chi connectivity index (χ0n) is 19.7. The molecule has 4 rings (SSSR count). The summed E-state index contributed by atoms with van der Waals surface area (Å²) in [5.74, 6) is 0.361. The van der Waals surface area contributed by atoms with Crippen LogP contribution in [-0.4, -0.2) is 8.92 Å². The number of halogens is 2. The number of phenolic OH excluding ortho intramolecular Hbond substituents is 1. The van der Waals surface area contributed by atoms with Gasteiger partial charge in [-0.2, -0.15) is 6.08 Å². The first-order valence-electron chi connectivity index (χ1n) is 10.5. The van der Waals surface area contributed by atoms with E-state index < -0.39 is 0 Å². The molecule has 1 aliphatic carbocycles. The van der Waals surface area contributed by atoms with Crippen LogP contribution in [0.5, 0.6) is 5.75 Å². The van der Waals surface area contributed by atoms with Gasteiger partial charge in [0.05, 0.1) is 0 Å². The molecule has 0 radical (unpaired) electrons. The fourth-order valence-corrected chi connectivity index (χ4v) is 3.43. The van der Waals surface area contributed by atoms with Crippen molar-refractivity contribution in [3.8, 4) is 5.75 Å². The summed E-state index contributed by atoms with van der Waals surface area (Å²) in [7, 11) is 0. The number of aryl methyl sites for hydroxylation is 1. The van der Waals surface area contributed by atoms with Crippen LogP contribution in [0.4, 0.5) is 0 Å². The summed E-state index contributed by atoms with van der Waals surface area (Å²) in [5.41, 5.74) is 4.99. The first-order chi connectivity index (χ1) is 14.8. The number of hydrogen-bond acceptors (Lipinski definition) is 1. The van der Waals surface area contributed by atoms with Crippen molar-refractivity contribution in [2.75, 3.05) is 0 Å². The molecule has 0 fully saturated rings. The van der Waals surface area contributed by atoms with Crippen LogP contribution >= 0.6 is 24.8 Å². The van der Waals surface area contributed by atoms with E-state index in [0.29, 0.717) is 5.75 Å². The number of hydrogen-bond donors (Lipinski definition) is 1. The molecule has 1 aliphatic rings. The number of allylic oxidation sites excluding steroid dienone is 4. The Hall–Kier alpha value is -1.90. The molecule has 4 heteroatoms. The second-order valence-corrected chi connectivity index (χ2v) is 9.20. The molecule has 0 aromatic heterocycles. The van der Waals surface area contributed by atoms with E-state index >= 15 is 0 Å². The Morgan fingerprint density at radius 2 is 1.36 bits per heavy atom. The average Bonchev–Trinajstić information content (AvgIpc) is 3.34. The van der Waals surface area contributed by atoms with E-state index in [1.807, 2.05) is 37.3 Å². The van der Waals surface area contributed by atoms with Crippen molar-refractivity contribution in [3.63, 3.8) is 0 Å². The van der Waals surface area contributed by atoms with Crippen LogP contribution in [0.25, 0.3) is 0 Å². The molecule has 3 aromatic rings. The minimum absolute atomic E-state index is 0. The molecule has 3 aromatic carbocycles. The predicted molar refractivity (Wildman–Crippen MR) is 144 cm³/mol. The van der Waals surface area contributed by atoms with Crippen molar-refractivity contribution in [2.24, 2.45) is 0 Å². The standard InChI is InChI=1S/C13H10.C11H16O.C5H5.2ClH.Ti/c1-3-7-12(8-4-1)11-13-9-5-2-6-10-13;1-8-5-9(11(2,3)4)7-10(12)6-8;1-2-4-5-3-1;;;/h1-10H;5-7,12H,1-4H3;1-3H,4H2;2*1H;/q;;-1;;;+1. The SMILES string of the molecule is Cc1cc(O)cc(C(C)(C)C)c1.Cl.Cl.[C-]1=CC=CC1.[Ti+]=[C](c1ccccc1)c1ccccc1. The number of aromatic hydroxyl groups is 1. The van der Waals surface area contributed by atoms with Gasteiger partial charge in [0.25, 0.3) is 0 Å². The van der Waals surface area contributed by atoms with Crippen molar-refractivity contribution in [1.82, 2.24) is 0 Å². The monoisotopic (exact) mass is 515 g/mol. The van der Waals surface area contributed by atoms with E-state index in [1.165, 1.54) is 20.5 Å². The van der Waals surface area contributed by atoms with E-state index in [4.69, 9.17) is 0 Å². The zero-order chi connectivity index (χ0) is 22.7. The van der Waals surface area contributed by atoms with Crippen LogP contribution in [0, 0.1) is 13.0 Å². The topological polar surface area (TPSA) is 20.2 Å². The van der Waals surface area contributed by atoms with Crippen molar-refractivity contribution in [2.45, 2.75) is 39.5 Å². The maximum absolute atomic E-state index is 9.36. The van der Waals surface area contributed by atoms with E-state index in [9.17, 15) is 5.11 Å². The van der Waals surface area contributed by atoms with Crippen molar-refractivity contribution in [1.29, 1.82) is 0 Å². The second-order valence-electron chi connectivity index (χ2n) is 8.42. The van der Waals surface area contributed by atoms with Gasteiger partial charge in [0.2, 0.25) is 0 Å². The van der Waals surface area contributed by atoms with Gasteiger partial charge in [0.1, 0.15) is 5.75 Å². The second kappa shape index (κ2) is 15.9. The molecular weight excluding hydrogens is 483 g/mol. The van der Waals surface area contributed by atoms with Gasteiger partial charge in [-0.3, -0.25) is 6.08 Å². The Morgan fingerprint density at radius 1 is 0.848 bits per heavy atom. The van der Waals surface area contributed by atoms with Gasteiger partial charge in [0.15, 0.2) is 0 Å². The first kappa shape index (κ1) is 31.1. The third-order valence-electron chi connectivity index (χ3n) is 4.64. The Morgan fingerprint density at radius 3 is 1.70 bits per heavy atom. The summed E-state index contributed by atoms with van der Waals surface area (Å²) in [6.45, 7) is 8.42. The van der Waals surface area contributed by atoms with Gasteiger partial charge in [0, 0.05) is 0 Å². The third kappa shape index (κ3) is 11.7. The van der Waals surface area contributed by atoms with E-state index in [-0.39, 0.29) is 30.2 Å². The quantitative estimate of drug-likeness (QED) is 0.271. The fraction of sp³-hybridized carbons (Fsp3) is 0.207.